The smallest absolute Gasteiger partial charge is 0.427 e. The Morgan fingerprint density at radius 2 is 1.88 bits per heavy atom. The first kappa shape index (κ1) is 23.4. The molecule has 0 spiro atoms. The second kappa shape index (κ2) is 8.02. The fourth-order valence-corrected chi connectivity index (χ4v) is 3.65. The second-order valence-electron chi connectivity index (χ2n) is 7.39. The molecule has 1 N–H and O–H groups in total. The number of ether oxygens (including phenoxy) is 1. The first-order valence-electron chi connectivity index (χ1n) is 9.21. The van der Waals surface area contributed by atoms with Gasteiger partial charge in [-0.1, -0.05) is 6.07 Å². The van der Waals surface area contributed by atoms with Gasteiger partial charge in [0.15, 0.2) is 11.6 Å². The maximum atomic E-state index is 14.1. The normalized spacial score (nSPS) is 19.4. The van der Waals surface area contributed by atoms with Gasteiger partial charge in [0.2, 0.25) is 11.8 Å². The quantitative estimate of drug-likeness (QED) is 0.544. The zero-order chi connectivity index (χ0) is 24.0. The minimum absolute atomic E-state index is 0.217. The van der Waals surface area contributed by atoms with Gasteiger partial charge in [0.25, 0.3) is 0 Å². The zero-order valence-corrected chi connectivity index (χ0v) is 17.0. The number of hydrogen-bond acceptors (Lipinski definition) is 4. The number of anilines is 1. The number of likely N-dealkylation sites (tertiary alicyclic amines) is 1. The number of likely N-dealkylation sites (N-methyl/N-ethyl adjacent to an activating group) is 1. The van der Waals surface area contributed by atoms with Crippen LogP contribution in [0.25, 0.3) is 0 Å². The molecule has 2 heterocycles. The van der Waals surface area contributed by atoms with Crippen molar-refractivity contribution >= 4 is 17.5 Å². The molecule has 7 nitrogen and oxygen atoms in total. The molecule has 3 rings (SSSR count). The zero-order valence-electron chi connectivity index (χ0n) is 17.0. The van der Waals surface area contributed by atoms with Gasteiger partial charge in [-0.25, -0.2) is 4.39 Å². The van der Waals surface area contributed by atoms with Gasteiger partial charge >= 0.3 is 12.3 Å². The Morgan fingerprint density at radius 3 is 2.47 bits per heavy atom. The Labute approximate surface area is 177 Å². The molecule has 1 fully saturated rings. The van der Waals surface area contributed by atoms with Crippen LogP contribution >= 0.6 is 0 Å². The van der Waals surface area contributed by atoms with Gasteiger partial charge in [-0.05, 0) is 12.1 Å². The molecule has 1 aromatic carbocycles. The number of aryl methyl sites for hydroxylation is 1. The molecule has 0 radical (unpaired) electrons. The topological polar surface area (TPSA) is 76.5 Å². The van der Waals surface area contributed by atoms with Crippen molar-refractivity contribution < 1.29 is 40.7 Å². The van der Waals surface area contributed by atoms with Gasteiger partial charge in [-0.2, -0.15) is 27.1 Å². The molecule has 0 unspecified atom stereocenters. The van der Waals surface area contributed by atoms with Crippen LogP contribution in [0.3, 0.4) is 0 Å². The summed E-state index contributed by atoms with van der Waals surface area (Å²) < 4.78 is 86.1. The van der Waals surface area contributed by atoms with Crippen LogP contribution in [0.15, 0.2) is 24.4 Å². The summed E-state index contributed by atoms with van der Waals surface area (Å²) in [6.45, 7) is 0.142. The van der Waals surface area contributed by atoms with Crippen LogP contribution in [0.5, 0.6) is 5.75 Å². The van der Waals surface area contributed by atoms with E-state index in [2.05, 4.69) is 15.2 Å². The number of halogens is 6. The maximum absolute atomic E-state index is 14.1. The van der Waals surface area contributed by atoms with Gasteiger partial charge in [-0.15, -0.1) is 0 Å². The van der Waals surface area contributed by atoms with Gasteiger partial charge in [0.05, 0.1) is 11.9 Å². The highest BCUT2D eigenvalue weighted by molar-refractivity contribution is 6.09. The molecule has 2 atom stereocenters. The van der Waals surface area contributed by atoms with Crippen LogP contribution < -0.4 is 10.1 Å². The molecule has 32 heavy (non-hydrogen) atoms. The van der Waals surface area contributed by atoms with Crippen LogP contribution in [0.2, 0.25) is 0 Å². The Kier molecular flexibility index (Phi) is 5.87. The lowest BCUT2D eigenvalue weighted by Crippen LogP contribution is -2.33. The minimum Gasteiger partial charge on any atom is -0.427 e. The van der Waals surface area contributed by atoms with Crippen molar-refractivity contribution in [2.45, 2.75) is 25.1 Å². The van der Waals surface area contributed by atoms with E-state index in [1.165, 1.54) is 7.05 Å². The second-order valence-corrected chi connectivity index (χ2v) is 7.39. The molecule has 1 aromatic heterocycles. The monoisotopic (exact) mass is 464 g/mol. The lowest BCUT2D eigenvalue weighted by Gasteiger charge is -2.20. The number of rotatable bonds is 5. The molecule has 1 saturated heterocycles. The average Bonchev–Trinajstić information content (AvgIpc) is 3.17. The number of benzene rings is 1. The Balaban J connectivity index is 1.98. The third-order valence-electron chi connectivity index (χ3n) is 4.94. The SMILES string of the molecule is CN1C[C@H](c2cnn(C)c2C(F)(F)F)[C@@H](C(=O)Nc2cccc(F)c2OC(C)(F)F)C1=O. The summed E-state index contributed by atoms with van der Waals surface area (Å²) in [5.74, 6) is -6.93. The molecular weight excluding hydrogens is 446 g/mol. The highest BCUT2D eigenvalue weighted by Crippen LogP contribution is 2.41. The van der Waals surface area contributed by atoms with E-state index in [9.17, 15) is 35.9 Å². The Morgan fingerprint density at radius 1 is 1.22 bits per heavy atom. The summed E-state index contributed by atoms with van der Waals surface area (Å²) in [7, 11) is 2.38. The van der Waals surface area contributed by atoms with Crippen LogP contribution in [-0.2, 0) is 22.8 Å². The highest BCUT2D eigenvalue weighted by Gasteiger charge is 2.49. The third kappa shape index (κ3) is 4.50. The molecule has 0 bridgehead atoms. The summed E-state index contributed by atoms with van der Waals surface area (Å²) in [6.07, 6.45) is -7.67. The molecule has 2 amide bonds. The molecule has 174 valence electrons. The van der Waals surface area contributed by atoms with Gasteiger partial charge < -0.3 is 15.0 Å². The van der Waals surface area contributed by atoms with E-state index in [0.29, 0.717) is 11.6 Å². The van der Waals surface area contributed by atoms with Crippen molar-refractivity contribution in [3.05, 3.63) is 41.5 Å². The number of carbonyl (C=O) groups is 2. The van der Waals surface area contributed by atoms with E-state index in [0.717, 1.165) is 36.3 Å². The summed E-state index contributed by atoms with van der Waals surface area (Å²) in [6, 6.07) is 2.99. The van der Waals surface area contributed by atoms with Crippen LogP contribution in [-0.4, -0.2) is 46.2 Å². The number of alkyl halides is 5. The molecule has 0 aliphatic carbocycles. The van der Waals surface area contributed by atoms with Crippen molar-refractivity contribution in [3.63, 3.8) is 0 Å². The van der Waals surface area contributed by atoms with E-state index in [-0.39, 0.29) is 12.1 Å². The highest BCUT2D eigenvalue weighted by atomic mass is 19.4. The number of amides is 2. The number of hydrogen-bond donors (Lipinski definition) is 1. The predicted octanol–water partition coefficient (Wildman–Crippen LogP) is 3.38. The van der Waals surface area contributed by atoms with Crippen molar-refractivity contribution in [1.29, 1.82) is 0 Å². The molecule has 13 heteroatoms. The number of carbonyl (C=O) groups excluding carboxylic acids is 2. The number of para-hydroxylation sites is 1. The summed E-state index contributed by atoms with van der Waals surface area (Å²) in [5, 5.41) is 5.74. The van der Waals surface area contributed by atoms with E-state index in [1.807, 2.05) is 0 Å². The van der Waals surface area contributed by atoms with E-state index in [1.54, 1.807) is 0 Å². The van der Waals surface area contributed by atoms with Gasteiger partial charge in [0, 0.05) is 39.0 Å². The summed E-state index contributed by atoms with van der Waals surface area (Å²) >= 11 is 0. The standard InChI is InChI=1S/C19H18F6N4O3/c1-18(21,22)32-14-11(20)5-4-6-12(14)27-16(30)13-10(8-28(2)17(13)31)9-7-26-29(3)15(9)19(23,24)25/h4-7,10,13H,8H2,1-3H3,(H,27,30)/t10-,13+/m1/s1. The predicted molar refractivity (Wildman–Crippen MR) is 98.4 cm³/mol. The molecule has 1 aliphatic heterocycles. The van der Waals surface area contributed by atoms with E-state index in [4.69, 9.17) is 0 Å². The van der Waals surface area contributed by atoms with Gasteiger partial charge in [-0.3, -0.25) is 14.3 Å². The van der Waals surface area contributed by atoms with Gasteiger partial charge in [0.1, 0.15) is 11.6 Å². The largest absolute Gasteiger partial charge is 0.433 e. The average molecular weight is 464 g/mol. The first-order valence-corrected chi connectivity index (χ1v) is 9.21. The fourth-order valence-electron chi connectivity index (χ4n) is 3.65. The maximum Gasteiger partial charge on any atom is 0.433 e. The Bertz CT molecular complexity index is 1050. The first-order chi connectivity index (χ1) is 14.7. The fraction of sp³-hybridized carbons (Fsp3) is 0.421. The van der Waals surface area contributed by atoms with E-state index >= 15 is 0 Å². The molecular formula is C19H18F6N4O3. The van der Waals surface area contributed by atoms with Crippen LogP contribution in [0.4, 0.5) is 32.0 Å². The molecule has 0 saturated carbocycles. The van der Waals surface area contributed by atoms with Crippen molar-refractivity contribution in [2.24, 2.45) is 13.0 Å². The number of nitrogens with zero attached hydrogens (tertiary/aromatic N) is 3. The summed E-state index contributed by atoms with van der Waals surface area (Å²) in [4.78, 5) is 26.6. The van der Waals surface area contributed by atoms with Crippen LogP contribution in [0.1, 0.15) is 24.1 Å². The number of nitrogens with one attached hydrogen (secondary N) is 1. The molecule has 2 aromatic rings. The lowest BCUT2D eigenvalue weighted by atomic mass is 9.87. The third-order valence-corrected chi connectivity index (χ3v) is 4.94. The van der Waals surface area contributed by atoms with Crippen molar-refractivity contribution in [2.75, 3.05) is 18.9 Å². The van der Waals surface area contributed by atoms with Crippen molar-refractivity contribution in [3.8, 4) is 5.75 Å². The Hall–Kier alpha value is -3.25. The number of aromatic nitrogens is 2. The lowest BCUT2D eigenvalue weighted by molar-refractivity contribution is -0.160. The van der Waals surface area contributed by atoms with Crippen molar-refractivity contribution in [1.82, 2.24) is 14.7 Å². The minimum atomic E-state index is -4.80. The van der Waals surface area contributed by atoms with E-state index < -0.39 is 58.9 Å². The molecule has 1 aliphatic rings. The summed E-state index contributed by atoms with van der Waals surface area (Å²) in [5.41, 5.74) is -1.99. The van der Waals surface area contributed by atoms with Crippen LogP contribution in [0, 0.1) is 11.7 Å².